The SMILES string of the molecule is O=C1NC2(CCCCC2)S/C1=C/c1ccc([N+](=O)[O-])cc1. The molecule has 1 aliphatic carbocycles. The van der Waals surface area contributed by atoms with Crippen LogP contribution in [0.4, 0.5) is 5.69 Å². The number of nitrogens with zero attached hydrogens (tertiary/aromatic N) is 1. The van der Waals surface area contributed by atoms with Gasteiger partial charge in [0.25, 0.3) is 11.6 Å². The highest BCUT2D eigenvalue weighted by molar-refractivity contribution is 8.06. The van der Waals surface area contributed by atoms with Crippen molar-refractivity contribution >= 4 is 29.4 Å². The van der Waals surface area contributed by atoms with Crippen molar-refractivity contribution in [3.63, 3.8) is 0 Å². The molecule has 0 radical (unpaired) electrons. The first-order valence-electron chi connectivity index (χ1n) is 7.06. The minimum absolute atomic E-state index is 0.0275. The van der Waals surface area contributed by atoms with Gasteiger partial charge in [-0.15, -0.1) is 0 Å². The van der Waals surface area contributed by atoms with Crippen molar-refractivity contribution < 1.29 is 9.72 Å². The fourth-order valence-electron chi connectivity index (χ4n) is 2.84. The van der Waals surface area contributed by atoms with Crippen molar-refractivity contribution in [1.82, 2.24) is 5.32 Å². The first-order chi connectivity index (χ1) is 10.1. The molecule has 3 rings (SSSR count). The van der Waals surface area contributed by atoms with Gasteiger partial charge in [0.05, 0.1) is 14.7 Å². The molecule has 2 aliphatic rings. The van der Waals surface area contributed by atoms with Gasteiger partial charge in [-0.25, -0.2) is 0 Å². The lowest BCUT2D eigenvalue weighted by Crippen LogP contribution is -2.40. The Labute approximate surface area is 127 Å². The van der Waals surface area contributed by atoms with Crippen LogP contribution in [-0.2, 0) is 4.79 Å². The van der Waals surface area contributed by atoms with Gasteiger partial charge in [-0.2, -0.15) is 0 Å². The van der Waals surface area contributed by atoms with Crippen LogP contribution in [0.3, 0.4) is 0 Å². The standard InChI is InChI=1S/C15H16N2O3S/c18-14-13(21-15(16-14)8-2-1-3-9-15)10-11-4-6-12(7-5-11)17(19)20/h4-7,10H,1-3,8-9H2,(H,16,18)/b13-10+. The van der Waals surface area contributed by atoms with Crippen molar-refractivity contribution in [2.45, 2.75) is 37.0 Å². The summed E-state index contributed by atoms with van der Waals surface area (Å²) in [5.74, 6) is -0.0275. The Kier molecular flexibility index (Phi) is 3.71. The third kappa shape index (κ3) is 2.95. The van der Waals surface area contributed by atoms with Crippen molar-refractivity contribution in [2.75, 3.05) is 0 Å². The van der Waals surface area contributed by atoms with E-state index in [-0.39, 0.29) is 16.5 Å². The summed E-state index contributed by atoms with van der Waals surface area (Å²) in [6, 6.07) is 6.26. The van der Waals surface area contributed by atoms with E-state index in [1.807, 2.05) is 6.08 Å². The summed E-state index contributed by atoms with van der Waals surface area (Å²) >= 11 is 1.61. The maximum absolute atomic E-state index is 12.1. The number of benzene rings is 1. The molecular formula is C15H16N2O3S. The molecule has 0 atom stereocenters. The molecule has 21 heavy (non-hydrogen) atoms. The molecule has 0 unspecified atom stereocenters. The van der Waals surface area contributed by atoms with E-state index in [1.54, 1.807) is 23.9 Å². The Morgan fingerprint density at radius 1 is 1.19 bits per heavy atom. The molecule has 6 heteroatoms. The molecule has 1 aliphatic heterocycles. The van der Waals surface area contributed by atoms with Gasteiger partial charge in [-0.1, -0.05) is 31.0 Å². The zero-order chi connectivity index (χ0) is 14.9. The number of nitrogens with one attached hydrogen (secondary N) is 1. The highest BCUT2D eigenvalue weighted by Crippen LogP contribution is 2.46. The summed E-state index contributed by atoms with van der Waals surface area (Å²) < 4.78 is 0. The number of carbonyl (C=O) groups excluding carboxylic acids is 1. The molecule has 1 saturated heterocycles. The maximum atomic E-state index is 12.1. The van der Waals surface area contributed by atoms with Crippen LogP contribution >= 0.6 is 11.8 Å². The largest absolute Gasteiger partial charge is 0.337 e. The first-order valence-corrected chi connectivity index (χ1v) is 7.87. The number of non-ortho nitro benzene ring substituents is 1. The van der Waals surface area contributed by atoms with Gasteiger partial charge in [0, 0.05) is 12.1 Å². The first kappa shape index (κ1) is 14.1. The van der Waals surface area contributed by atoms with Crippen LogP contribution in [0.15, 0.2) is 29.2 Å². The summed E-state index contributed by atoms with van der Waals surface area (Å²) in [5.41, 5.74) is 0.871. The highest BCUT2D eigenvalue weighted by Gasteiger charge is 2.42. The molecular weight excluding hydrogens is 288 g/mol. The van der Waals surface area contributed by atoms with Crippen LogP contribution in [0.1, 0.15) is 37.7 Å². The number of thioether (sulfide) groups is 1. The van der Waals surface area contributed by atoms with Crippen LogP contribution in [0, 0.1) is 10.1 Å². The minimum atomic E-state index is -0.426. The third-order valence-electron chi connectivity index (χ3n) is 3.93. The molecule has 2 fully saturated rings. The van der Waals surface area contributed by atoms with Crippen LogP contribution in [0.2, 0.25) is 0 Å². The fraction of sp³-hybridized carbons (Fsp3) is 0.400. The van der Waals surface area contributed by atoms with Gasteiger partial charge in [0.1, 0.15) is 0 Å². The molecule has 1 aromatic carbocycles. The number of nitro benzene ring substituents is 1. The lowest BCUT2D eigenvalue weighted by molar-refractivity contribution is -0.384. The van der Waals surface area contributed by atoms with Crippen molar-refractivity contribution in [1.29, 1.82) is 0 Å². The number of nitro groups is 1. The fourth-order valence-corrected chi connectivity index (χ4v) is 4.24. The number of carbonyl (C=O) groups is 1. The van der Waals surface area contributed by atoms with E-state index in [0.717, 1.165) is 31.2 Å². The van der Waals surface area contributed by atoms with E-state index < -0.39 is 4.92 Å². The van der Waals surface area contributed by atoms with Gasteiger partial charge in [0.15, 0.2) is 0 Å². The molecule has 1 spiro atoms. The van der Waals surface area contributed by atoms with Crippen LogP contribution < -0.4 is 5.32 Å². The zero-order valence-electron chi connectivity index (χ0n) is 11.5. The number of hydrogen-bond donors (Lipinski definition) is 1. The molecule has 5 nitrogen and oxygen atoms in total. The summed E-state index contributed by atoms with van der Waals surface area (Å²) in [4.78, 5) is 22.9. The second-order valence-electron chi connectivity index (χ2n) is 5.47. The second-order valence-corrected chi connectivity index (χ2v) is 6.89. The van der Waals surface area contributed by atoms with E-state index in [2.05, 4.69) is 5.32 Å². The summed E-state index contributed by atoms with van der Waals surface area (Å²) in [7, 11) is 0. The third-order valence-corrected chi connectivity index (χ3v) is 5.36. The van der Waals surface area contributed by atoms with Gasteiger partial charge >= 0.3 is 0 Å². The van der Waals surface area contributed by atoms with E-state index in [9.17, 15) is 14.9 Å². The van der Waals surface area contributed by atoms with Crippen LogP contribution in [0.5, 0.6) is 0 Å². The molecule has 1 N–H and O–H groups in total. The quantitative estimate of drug-likeness (QED) is 0.516. The Morgan fingerprint density at radius 2 is 1.86 bits per heavy atom. The molecule has 1 heterocycles. The predicted octanol–water partition coefficient (Wildman–Crippen LogP) is 3.46. The van der Waals surface area contributed by atoms with E-state index in [1.165, 1.54) is 18.6 Å². The lowest BCUT2D eigenvalue weighted by atomic mass is 9.95. The van der Waals surface area contributed by atoms with Crippen LogP contribution in [-0.4, -0.2) is 15.7 Å². The van der Waals surface area contributed by atoms with Crippen LogP contribution in [0.25, 0.3) is 6.08 Å². The highest BCUT2D eigenvalue weighted by atomic mass is 32.2. The predicted molar refractivity (Wildman–Crippen MR) is 82.6 cm³/mol. The number of rotatable bonds is 2. The Hall–Kier alpha value is -1.82. The molecule has 0 bridgehead atoms. The molecule has 1 aromatic rings. The van der Waals surface area contributed by atoms with Gasteiger partial charge < -0.3 is 5.32 Å². The van der Waals surface area contributed by atoms with E-state index in [0.29, 0.717) is 4.91 Å². The summed E-state index contributed by atoms with van der Waals surface area (Å²) in [5, 5.41) is 13.7. The Bertz CT molecular complexity index is 604. The summed E-state index contributed by atoms with van der Waals surface area (Å²) in [6.07, 6.45) is 7.38. The number of amides is 1. The maximum Gasteiger partial charge on any atom is 0.269 e. The van der Waals surface area contributed by atoms with Crippen molar-refractivity contribution in [3.8, 4) is 0 Å². The Morgan fingerprint density at radius 3 is 2.48 bits per heavy atom. The molecule has 1 saturated carbocycles. The monoisotopic (exact) mass is 304 g/mol. The average Bonchev–Trinajstić information content (AvgIpc) is 2.76. The van der Waals surface area contributed by atoms with Gasteiger partial charge in [-0.3, -0.25) is 14.9 Å². The van der Waals surface area contributed by atoms with E-state index in [4.69, 9.17) is 0 Å². The topological polar surface area (TPSA) is 72.2 Å². The normalized spacial score (nSPS) is 22.5. The number of hydrogen-bond acceptors (Lipinski definition) is 4. The van der Waals surface area contributed by atoms with Crippen molar-refractivity contribution in [2.24, 2.45) is 0 Å². The lowest BCUT2D eigenvalue weighted by Gasteiger charge is -2.31. The zero-order valence-corrected chi connectivity index (χ0v) is 12.3. The van der Waals surface area contributed by atoms with Gasteiger partial charge in [0.2, 0.25) is 0 Å². The smallest absolute Gasteiger partial charge is 0.269 e. The van der Waals surface area contributed by atoms with Crippen molar-refractivity contribution in [3.05, 3.63) is 44.8 Å². The Balaban J connectivity index is 1.79. The molecule has 110 valence electrons. The average molecular weight is 304 g/mol. The molecule has 1 amide bonds. The summed E-state index contributed by atoms with van der Waals surface area (Å²) in [6.45, 7) is 0. The van der Waals surface area contributed by atoms with Gasteiger partial charge in [-0.05, 0) is 36.6 Å². The van der Waals surface area contributed by atoms with E-state index >= 15 is 0 Å². The molecule has 0 aromatic heterocycles. The second kappa shape index (κ2) is 5.52. The minimum Gasteiger partial charge on any atom is -0.337 e.